The lowest BCUT2D eigenvalue weighted by Gasteiger charge is -2.25. The van der Waals surface area contributed by atoms with Crippen LogP contribution in [-0.2, 0) is 12.8 Å². The molecule has 1 aromatic rings. The number of amides is 1. The lowest BCUT2D eigenvalue weighted by molar-refractivity contribution is 0.203. The van der Waals surface area contributed by atoms with Crippen LogP contribution in [0.25, 0.3) is 0 Å². The van der Waals surface area contributed by atoms with E-state index in [0.29, 0.717) is 0 Å². The van der Waals surface area contributed by atoms with Gasteiger partial charge in [-0.1, -0.05) is 0 Å². The summed E-state index contributed by atoms with van der Waals surface area (Å²) >= 11 is 1.75. The van der Waals surface area contributed by atoms with E-state index < -0.39 is 6.09 Å². The van der Waals surface area contributed by atoms with E-state index in [0.717, 1.165) is 24.9 Å². The molecule has 92 valence electrons. The Morgan fingerprint density at radius 3 is 2.53 bits per heavy atom. The molecule has 0 atom stereocenters. The van der Waals surface area contributed by atoms with Gasteiger partial charge in [-0.3, -0.25) is 4.90 Å². The third-order valence-electron chi connectivity index (χ3n) is 3.34. The van der Waals surface area contributed by atoms with Gasteiger partial charge in [0.05, 0.1) is 5.69 Å². The van der Waals surface area contributed by atoms with E-state index in [1.807, 2.05) is 12.1 Å². The van der Waals surface area contributed by atoms with Crippen LogP contribution in [0.4, 0.5) is 10.5 Å². The van der Waals surface area contributed by atoms with Gasteiger partial charge in [0, 0.05) is 11.9 Å². The molecule has 4 heteroatoms. The Balaban J connectivity index is 2.51. The van der Waals surface area contributed by atoms with E-state index in [4.69, 9.17) is 5.11 Å². The number of hydrogen-bond acceptors (Lipinski definition) is 2. The molecule has 0 saturated carbocycles. The normalized spacial score (nSPS) is 14.2. The molecule has 1 aromatic carbocycles. The van der Waals surface area contributed by atoms with Crippen molar-refractivity contribution < 1.29 is 9.90 Å². The van der Waals surface area contributed by atoms with Crippen LogP contribution in [0.15, 0.2) is 17.0 Å². The molecular formula is C13H17NO2S. The number of thioether (sulfide) groups is 1. The van der Waals surface area contributed by atoms with Crippen molar-refractivity contribution in [2.45, 2.75) is 30.6 Å². The smallest absolute Gasteiger partial charge is 0.411 e. The number of carbonyl (C=O) groups is 1. The second-order valence-corrected chi connectivity index (χ2v) is 5.14. The molecule has 2 rings (SSSR count). The fourth-order valence-corrected chi connectivity index (χ4v) is 3.10. The van der Waals surface area contributed by atoms with Crippen molar-refractivity contribution in [2.75, 3.05) is 18.2 Å². The highest BCUT2D eigenvalue weighted by Crippen LogP contribution is 2.36. The van der Waals surface area contributed by atoms with Crippen LogP contribution < -0.4 is 4.90 Å². The molecule has 0 saturated heterocycles. The number of anilines is 1. The van der Waals surface area contributed by atoms with Gasteiger partial charge >= 0.3 is 6.09 Å². The van der Waals surface area contributed by atoms with Gasteiger partial charge in [-0.2, -0.15) is 0 Å². The summed E-state index contributed by atoms with van der Waals surface area (Å²) in [5, 5.41) is 9.08. The molecule has 1 aliphatic carbocycles. The van der Waals surface area contributed by atoms with E-state index in [9.17, 15) is 4.79 Å². The van der Waals surface area contributed by atoms with Gasteiger partial charge in [-0.05, 0) is 55.2 Å². The molecule has 1 N–H and O–H groups in total. The maximum atomic E-state index is 11.1. The Morgan fingerprint density at radius 1 is 1.29 bits per heavy atom. The van der Waals surface area contributed by atoms with E-state index in [-0.39, 0.29) is 0 Å². The number of benzene rings is 1. The van der Waals surface area contributed by atoms with Crippen molar-refractivity contribution >= 4 is 23.5 Å². The molecule has 0 radical (unpaired) electrons. The number of rotatable bonds is 2. The standard InChI is InChI=1S/C13H17NO2S/c1-14(13(15)16)11-7-8-12(17-2)10-6-4-3-5-9(10)11/h7-8H,3-6H2,1-2H3,(H,15,16). The van der Waals surface area contributed by atoms with Crippen molar-refractivity contribution in [2.24, 2.45) is 0 Å². The Morgan fingerprint density at radius 2 is 1.94 bits per heavy atom. The highest BCUT2D eigenvalue weighted by atomic mass is 32.2. The molecule has 0 heterocycles. The van der Waals surface area contributed by atoms with Crippen molar-refractivity contribution in [3.63, 3.8) is 0 Å². The number of hydrogen-bond donors (Lipinski definition) is 1. The summed E-state index contributed by atoms with van der Waals surface area (Å²) in [6, 6.07) is 3.98. The predicted octanol–water partition coefficient (Wildman–Crippen LogP) is 3.40. The van der Waals surface area contributed by atoms with Crippen LogP contribution in [0.2, 0.25) is 0 Å². The summed E-state index contributed by atoms with van der Waals surface area (Å²) in [6.45, 7) is 0. The molecule has 0 unspecified atom stereocenters. The van der Waals surface area contributed by atoms with Crippen LogP contribution in [0, 0.1) is 0 Å². The van der Waals surface area contributed by atoms with Crippen LogP contribution in [0.1, 0.15) is 24.0 Å². The van der Waals surface area contributed by atoms with Crippen molar-refractivity contribution in [1.82, 2.24) is 0 Å². The first-order valence-electron chi connectivity index (χ1n) is 5.80. The van der Waals surface area contributed by atoms with E-state index in [2.05, 4.69) is 6.26 Å². The molecule has 1 amide bonds. The van der Waals surface area contributed by atoms with Crippen molar-refractivity contribution in [3.8, 4) is 0 Å². The summed E-state index contributed by atoms with van der Waals surface area (Å²) < 4.78 is 0. The van der Waals surface area contributed by atoms with Crippen LogP contribution in [0.5, 0.6) is 0 Å². The van der Waals surface area contributed by atoms with E-state index in [1.165, 1.54) is 27.3 Å². The Labute approximate surface area is 106 Å². The maximum Gasteiger partial charge on any atom is 0.411 e. The second kappa shape index (κ2) is 5.00. The van der Waals surface area contributed by atoms with Gasteiger partial charge < -0.3 is 5.11 Å². The van der Waals surface area contributed by atoms with Gasteiger partial charge in [-0.15, -0.1) is 11.8 Å². The maximum absolute atomic E-state index is 11.1. The van der Waals surface area contributed by atoms with E-state index in [1.54, 1.807) is 18.8 Å². The van der Waals surface area contributed by atoms with Gasteiger partial charge in [0.1, 0.15) is 0 Å². The monoisotopic (exact) mass is 251 g/mol. The molecule has 0 fully saturated rings. The number of carboxylic acid groups (broad SMARTS) is 1. The van der Waals surface area contributed by atoms with Crippen LogP contribution >= 0.6 is 11.8 Å². The first kappa shape index (κ1) is 12.3. The van der Waals surface area contributed by atoms with Gasteiger partial charge in [0.15, 0.2) is 0 Å². The van der Waals surface area contributed by atoms with Gasteiger partial charge in [0.25, 0.3) is 0 Å². The molecule has 17 heavy (non-hydrogen) atoms. The zero-order valence-corrected chi connectivity index (χ0v) is 11.0. The Kier molecular flexibility index (Phi) is 3.62. The fourth-order valence-electron chi connectivity index (χ4n) is 2.42. The molecule has 0 bridgehead atoms. The topological polar surface area (TPSA) is 40.5 Å². The third kappa shape index (κ3) is 2.27. The average Bonchev–Trinajstić information content (AvgIpc) is 2.36. The minimum Gasteiger partial charge on any atom is -0.465 e. The second-order valence-electron chi connectivity index (χ2n) is 4.29. The summed E-state index contributed by atoms with van der Waals surface area (Å²) in [5.74, 6) is 0. The van der Waals surface area contributed by atoms with Gasteiger partial charge in [0.2, 0.25) is 0 Å². The first-order valence-corrected chi connectivity index (χ1v) is 7.03. The zero-order valence-electron chi connectivity index (χ0n) is 10.2. The average molecular weight is 251 g/mol. The summed E-state index contributed by atoms with van der Waals surface area (Å²) in [4.78, 5) is 13.7. The molecule has 1 aliphatic rings. The fraction of sp³-hybridized carbons (Fsp3) is 0.462. The Bertz CT molecular complexity index is 445. The molecule has 0 aromatic heterocycles. The number of nitrogens with zero attached hydrogens (tertiary/aromatic N) is 1. The quantitative estimate of drug-likeness (QED) is 0.819. The van der Waals surface area contributed by atoms with Gasteiger partial charge in [-0.25, -0.2) is 4.79 Å². The highest BCUT2D eigenvalue weighted by Gasteiger charge is 2.20. The largest absolute Gasteiger partial charge is 0.465 e. The van der Waals surface area contributed by atoms with Crippen molar-refractivity contribution in [1.29, 1.82) is 0 Å². The summed E-state index contributed by atoms with van der Waals surface area (Å²) in [6.07, 6.45) is 5.62. The number of fused-ring (bicyclic) bond motifs is 1. The summed E-state index contributed by atoms with van der Waals surface area (Å²) in [5.41, 5.74) is 3.44. The predicted molar refractivity (Wildman–Crippen MR) is 71.3 cm³/mol. The van der Waals surface area contributed by atoms with Crippen molar-refractivity contribution in [3.05, 3.63) is 23.3 Å². The highest BCUT2D eigenvalue weighted by molar-refractivity contribution is 7.98. The van der Waals surface area contributed by atoms with E-state index >= 15 is 0 Å². The molecule has 0 aliphatic heterocycles. The zero-order chi connectivity index (χ0) is 12.4. The summed E-state index contributed by atoms with van der Waals surface area (Å²) in [7, 11) is 1.62. The minimum absolute atomic E-state index is 0.852. The first-order chi connectivity index (χ1) is 8.15. The molecular weight excluding hydrogens is 234 g/mol. The van der Waals surface area contributed by atoms with Crippen LogP contribution in [-0.4, -0.2) is 24.5 Å². The minimum atomic E-state index is -0.894. The molecule has 0 spiro atoms. The van der Waals surface area contributed by atoms with Crippen LogP contribution in [0.3, 0.4) is 0 Å². The molecule has 3 nitrogen and oxygen atoms in total. The Hall–Kier alpha value is -1.16. The lowest BCUT2D eigenvalue weighted by Crippen LogP contribution is -2.26. The third-order valence-corrected chi connectivity index (χ3v) is 4.16. The lowest BCUT2D eigenvalue weighted by atomic mass is 9.90. The SMILES string of the molecule is CSc1ccc(N(C)C(=O)O)c2c1CCCC2.